The molecule has 2 nitrogen and oxygen atoms in total. The summed E-state index contributed by atoms with van der Waals surface area (Å²) in [7, 11) is 0. The van der Waals surface area contributed by atoms with Crippen molar-refractivity contribution < 1.29 is 0 Å². The van der Waals surface area contributed by atoms with E-state index in [0.29, 0.717) is 0 Å². The lowest BCUT2D eigenvalue weighted by Crippen LogP contribution is -2.40. The molecule has 0 radical (unpaired) electrons. The van der Waals surface area contributed by atoms with E-state index in [0.717, 1.165) is 37.6 Å². The molecule has 0 aromatic rings. The van der Waals surface area contributed by atoms with Crippen LogP contribution in [0.1, 0.15) is 33.6 Å². The Balaban J connectivity index is 3.69. The van der Waals surface area contributed by atoms with Crippen LogP contribution >= 0.6 is 12.2 Å². The van der Waals surface area contributed by atoms with Gasteiger partial charge in [-0.15, -0.1) is 0 Å². The topological polar surface area (TPSA) is 15.3 Å². The van der Waals surface area contributed by atoms with Crippen LogP contribution in [0.5, 0.6) is 0 Å². The summed E-state index contributed by atoms with van der Waals surface area (Å²) in [5.41, 5.74) is 0. The molecule has 72 valence electrons. The van der Waals surface area contributed by atoms with Gasteiger partial charge in [0.05, 0.1) is 0 Å². The minimum absolute atomic E-state index is 0.904. The van der Waals surface area contributed by atoms with E-state index in [1.54, 1.807) is 0 Å². The molecular formula is C9H20N2S. The van der Waals surface area contributed by atoms with Gasteiger partial charge in [-0.2, -0.15) is 0 Å². The van der Waals surface area contributed by atoms with Gasteiger partial charge in [-0.05, 0) is 32.0 Å². The molecule has 0 saturated carbocycles. The Morgan fingerprint density at radius 2 is 1.92 bits per heavy atom. The molecule has 0 bridgehead atoms. The summed E-state index contributed by atoms with van der Waals surface area (Å²) >= 11 is 5.22. The van der Waals surface area contributed by atoms with E-state index in [1.807, 2.05) is 0 Å². The normalized spacial score (nSPS) is 9.58. The highest BCUT2D eigenvalue weighted by Gasteiger charge is 2.03. The van der Waals surface area contributed by atoms with Gasteiger partial charge in [-0.3, -0.25) is 0 Å². The monoisotopic (exact) mass is 188 g/mol. The lowest BCUT2D eigenvalue weighted by Gasteiger charge is -2.23. The van der Waals surface area contributed by atoms with Crippen molar-refractivity contribution >= 4 is 17.3 Å². The summed E-state index contributed by atoms with van der Waals surface area (Å²) in [6.07, 6.45) is 2.28. The molecule has 3 heteroatoms. The summed E-state index contributed by atoms with van der Waals surface area (Å²) in [6, 6.07) is 0. The average Bonchev–Trinajstić information content (AvgIpc) is 2.10. The van der Waals surface area contributed by atoms with E-state index in [-0.39, 0.29) is 0 Å². The zero-order chi connectivity index (χ0) is 9.40. The van der Waals surface area contributed by atoms with Crippen LogP contribution in [0.2, 0.25) is 0 Å². The van der Waals surface area contributed by atoms with Gasteiger partial charge >= 0.3 is 0 Å². The first-order chi connectivity index (χ1) is 5.76. The third-order valence-corrected chi connectivity index (χ3v) is 2.09. The molecule has 0 rings (SSSR count). The van der Waals surface area contributed by atoms with Crippen molar-refractivity contribution in [2.45, 2.75) is 33.6 Å². The van der Waals surface area contributed by atoms with E-state index in [2.05, 4.69) is 31.0 Å². The second kappa shape index (κ2) is 7.35. The molecule has 0 atom stereocenters. The number of hydrogen-bond donors (Lipinski definition) is 1. The first kappa shape index (κ1) is 11.7. The van der Waals surface area contributed by atoms with Crippen LogP contribution in [0.15, 0.2) is 0 Å². The molecule has 0 aromatic carbocycles. The molecular weight excluding hydrogens is 168 g/mol. The Morgan fingerprint density at radius 3 is 2.33 bits per heavy atom. The van der Waals surface area contributed by atoms with Gasteiger partial charge < -0.3 is 10.2 Å². The molecule has 0 aromatic heterocycles. The van der Waals surface area contributed by atoms with Gasteiger partial charge in [-0.1, -0.05) is 13.8 Å². The second-order valence-electron chi connectivity index (χ2n) is 2.81. The van der Waals surface area contributed by atoms with Crippen molar-refractivity contribution in [3.05, 3.63) is 0 Å². The van der Waals surface area contributed by atoms with Gasteiger partial charge in [-0.25, -0.2) is 0 Å². The number of hydrogen-bond acceptors (Lipinski definition) is 1. The molecule has 0 aliphatic rings. The molecule has 0 heterocycles. The molecule has 0 unspecified atom stereocenters. The molecule has 0 aliphatic carbocycles. The summed E-state index contributed by atoms with van der Waals surface area (Å²) in [5, 5.41) is 4.13. The fourth-order valence-corrected chi connectivity index (χ4v) is 1.34. The standard InChI is InChI=1S/C9H20N2S/c1-4-7-10-9(12)11(6-3)8-5-2/h4-8H2,1-3H3,(H,10,12). The fourth-order valence-electron chi connectivity index (χ4n) is 1.02. The zero-order valence-corrected chi connectivity index (χ0v) is 9.21. The van der Waals surface area contributed by atoms with Gasteiger partial charge in [0, 0.05) is 19.6 Å². The van der Waals surface area contributed by atoms with E-state index < -0.39 is 0 Å². The van der Waals surface area contributed by atoms with Gasteiger partial charge in [0.1, 0.15) is 0 Å². The Kier molecular flexibility index (Phi) is 7.16. The highest BCUT2D eigenvalue weighted by atomic mass is 32.1. The minimum Gasteiger partial charge on any atom is -0.363 e. The maximum absolute atomic E-state index is 5.22. The van der Waals surface area contributed by atoms with Crippen LogP contribution in [-0.4, -0.2) is 29.6 Å². The summed E-state index contributed by atoms with van der Waals surface area (Å²) in [4.78, 5) is 2.20. The summed E-state index contributed by atoms with van der Waals surface area (Å²) < 4.78 is 0. The van der Waals surface area contributed by atoms with Gasteiger partial charge in [0.2, 0.25) is 0 Å². The predicted octanol–water partition coefficient (Wildman–Crippen LogP) is 2.00. The first-order valence-corrected chi connectivity index (χ1v) is 5.19. The lowest BCUT2D eigenvalue weighted by atomic mass is 10.4. The van der Waals surface area contributed by atoms with Crippen molar-refractivity contribution in [1.29, 1.82) is 0 Å². The molecule has 0 amide bonds. The van der Waals surface area contributed by atoms with Gasteiger partial charge in [0.25, 0.3) is 0 Å². The second-order valence-corrected chi connectivity index (χ2v) is 3.20. The van der Waals surface area contributed by atoms with E-state index >= 15 is 0 Å². The van der Waals surface area contributed by atoms with E-state index in [4.69, 9.17) is 12.2 Å². The highest BCUT2D eigenvalue weighted by Crippen LogP contribution is 1.92. The Bertz CT molecular complexity index is 126. The van der Waals surface area contributed by atoms with Crippen LogP contribution in [0.4, 0.5) is 0 Å². The van der Waals surface area contributed by atoms with Crippen LogP contribution in [-0.2, 0) is 0 Å². The molecule has 12 heavy (non-hydrogen) atoms. The van der Waals surface area contributed by atoms with Crippen LogP contribution in [0.3, 0.4) is 0 Å². The van der Waals surface area contributed by atoms with E-state index in [9.17, 15) is 0 Å². The largest absolute Gasteiger partial charge is 0.363 e. The first-order valence-electron chi connectivity index (χ1n) is 4.79. The van der Waals surface area contributed by atoms with Crippen LogP contribution in [0, 0.1) is 0 Å². The highest BCUT2D eigenvalue weighted by molar-refractivity contribution is 7.80. The van der Waals surface area contributed by atoms with E-state index in [1.165, 1.54) is 0 Å². The van der Waals surface area contributed by atoms with Crippen molar-refractivity contribution in [3.63, 3.8) is 0 Å². The Hall–Kier alpha value is -0.310. The molecule has 1 N–H and O–H groups in total. The number of thiocarbonyl (C=S) groups is 1. The number of nitrogens with zero attached hydrogens (tertiary/aromatic N) is 1. The molecule has 0 fully saturated rings. The molecule has 0 aliphatic heterocycles. The summed E-state index contributed by atoms with van der Waals surface area (Å²) in [6.45, 7) is 9.50. The number of rotatable bonds is 5. The zero-order valence-electron chi connectivity index (χ0n) is 8.39. The minimum atomic E-state index is 0.904. The third kappa shape index (κ3) is 4.54. The van der Waals surface area contributed by atoms with Gasteiger partial charge in [0.15, 0.2) is 5.11 Å². The Labute approximate surface area is 81.3 Å². The van der Waals surface area contributed by atoms with Crippen LogP contribution in [0.25, 0.3) is 0 Å². The summed E-state index contributed by atoms with van der Waals surface area (Å²) in [5.74, 6) is 0. The smallest absolute Gasteiger partial charge is 0.168 e. The van der Waals surface area contributed by atoms with Crippen molar-refractivity contribution in [2.75, 3.05) is 19.6 Å². The van der Waals surface area contributed by atoms with Crippen LogP contribution < -0.4 is 5.32 Å². The fraction of sp³-hybridized carbons (Fsp3) is 0.889. The lowest BCUT2D eigenvalue weighted by molar-refractivity contribution is 0.431. The quantitative estimate of drug-likeness (QED) is 0.664. The maximum atomic E-state index is 5.22. The maximum Gasteiger partial charge on any atom is 0.168 e. The van der Waals surface area contributed by atoms with Crippen molar-refractivity contribution in [1.82, 2.24) is 10.2 Å². The number of nitrogens with one attached hydrogen (secondary N) is 1. The third-order valence-electron chi connectivity index (χ3n) is 1.69. The molecule has 0 saturated heterocycles. The Morgan fingerprint density at radius 1 is 1.25 bits per heavy atom. The molecule has 0 spiro atoms. The van der Waals surface area contributed by atoms with Crippen molar-refractivity contribution in [2.24, 2.45) is 0 Å². The SMILES string of the molecule is CCCNC(=S)N(CC)CCC. The van der Waals surface area contributed by atoms with Crippen molar-refractivity contribution in [3.8, 4) is 0 Å². The average molecular weight is 188 g/mol. The predicted molar refractivity (Wildman–Crippen MR) is 58.4 cm³/mol.